The first-order chi connectivity index (χ1) is 10.2. The lowest BCUT2D eigenvalue weighted by atomic mass is 9.84. The van der Waals surface area contributed by atoms with Crippen LogP contribution < -0.4 is 10.1 Å². The molecule has 1 aromatic rings. The summed E-state index contributed by atoms with van der Waals surface area (Å²) >= 11 is 0. The van der Waals surface area contributed by atoms with Gasteiger partial charge in [-0.15, -0.1) is 0 Å². The summed E-state index contributed by atoms with van der Waals surface area (Å²) in [4.78, 5) is 12.5. The second-order valence-corrected chi connectivity index (χ2v) is 6.53. The molecule has 2 fully saturated rings. The van der Waals surface area contributed by atoms with Crippen LogP contribution in [0.4, 0.5) is 0 Å². The van der Waals surface area contributed by atoms with Gasteiger partial charge in [-0.25, -0.2) is 0 Å². The molecule has 0 aromatic heterocycles. The van der Waals surface area contributed by atoms with Gasteiger partial charge in [0.25, 0.3) is 5.91 Å². The maximum atomic E-state index is 12.5. The van der Waals surface area contributed by atoms with Crippen LogP contribution in [-0.4, -0.2) is 18.6 Å². The molecule has 3 nitrogen and oxygen atoms in total. The van der Waals surface area contributed by atoms with Crippen molar-refractivity contribution in [1.82, 2.24) is 5.32 Å². The fourth-order valence-electron chi connectivity index (χ4n) is 4.23. The van der Waals surface area contributed by atoms with Crippen LogP contribution in [0, 0.1) is 17.8 Å². The molecule has 3 heteroatoms. The Hall–Kier alpha value is -1.51. The molecule has 0 aliphatic heterocycles. The number of benzene rings is 1. The molecule has 0 unspecified atom stereocenters. The third-order valence-electron chi connectivity index (χ3n) is 5.23. The average Bonchev–Trinajstić information content (AvgIpc) is 3.10. The van der Waals surface area contributed by atoms with Crippen LogP contribution in [0.25, 0.3) is 0 Å². The molecule has 4 atom stereocenters. The van der Waals surface area contributed by atoms with Gasteiger partial charge in [-0.2, -0.15) is 0 Å². The number of rotatable bonds is 5. The van der Waals surface area contributed by atoms with Crippen LogP contribution in [0.15, 0.2) is 24.3 Å². The van der Waals surface area contributed by atoms with Gasteiger partial charge < -0.3 is 10.1 Å². The predicted octanol–water partition coefficient (Wildman–Crippen LogP) is 3.64. The van der Waals surface area contributed by atoms with Crippen LogP contribution >= 0.6 is 0 Å². The van der Waals surface area contributed by atoms with Crippen molar-refractivity contribution in [3.8, 4) is 5.75 Å². The Balaban J connectivity index is 1.66. The largest absolute Gasteiger partial charge is 0.493 e. The van der Waals surface area contributed by atoms with Crippen molar-refractivity contribution < 1.29 is 9.53 Å². The third kappa shape index (κ3) is 2.92. The molecule has 0 heterocycles. The summed E-state index contributed by atoms with van der Waals surface area (Å²) in [6.07, 6.45) is 5.42. The lowest BCUT2D eigenvalue weighted by Gasteiger charge is -2.28. The van der Waals surface area contributed by atoms with E-state index in [2.05, 4.69) is 12.2 Å². The van der Waals surface area contributed by atoms with Gasteiger partial charge in [0.05, 0.1) is 12.2 Å². The number of amides is 1. The number of carbonyl (C=O) groups is 1. The Labute approximate surface area is 127 Å². The van der Waals surface area contributed by atoms with E-state index in [1.807, 2.05) is 31.2 Å². The Morgan fingerprint density at radius 1 is 1.33 bits per heavy atom. The molecule has 21 heavy (non-hydrogen) atoms. The zero-order valence-corrected chi connectivity index (χ0v) is 13.0. The molecule has 0 spiro atoms. The summed E-state index contributed by atoms with van der Waals surface area (Å²) in [5.74, 6) is 3.07. The maximum absolute atomic E-state index is 12.5. The van der Waals surface area contributed by atoms with Crippen LogP contribution in [-0.2, 0) is 0 Å². The summed E-state index contributed by atoms with van der Waals surface area (Å²) in [6, 6.07) is 7.75. The smallest absolute Gasteiger partial charge is 0.255 e. The molecule has 3 rings (SSSR count). The molecule has 0 saturated heterocycles. The molecule has 114 valence electrons. The van der Waals surface area contributed by atoms with Gasteiger partial charge in [0.15, 0.2) is 0 Å². The van der Waals surface area contributed by atoms with Crippen molar-refractivity contribution >= 4 is 5.91 Å². The van der Waals surface area contributed by atoms with Gasteiger partial charge in [0, 0.05) is 6.04 Å². The van der Waals surface area contributed by atoms with E-state index in [4.69, 9.17) is 4.74 Å². The molecule has 0 radical (unpaired) electrons. The van der Waals surface area contributed by atoms with Crippen molar-refractivity contribution in [2.24, 2.45) is 17.8 Å². The molecule has 1 N–H and O–H groups in total. The highest BCUT2D eigenvalue weighted by molar-refractivity contribution is 5.97. The molecule has 2 saturated carbocycles. The quantitative estimate of drug-likeness (QED) is 0.898. The van der Waals surface area contributed by atoms with E-state index in [0.717, 1.165) is 11.8 Å². The summed E-state index contributed by atoms with van der Waals surface area (Å²) in [5, 5.41) is 3.20. The van der Waals surface area contributed by atoms with Crippen LogP contribution in [0.1, 0.15) is 49.9 Å². The highest BCUT2D eigenvalue weighted by atomic mass is 16.5. The molecule has 1 aromatic carbocycles. The first-order valence-corrected chi connectivity index (χ1v) is 8.21. The lowest BCUT2D eigenvalue weighted by Crippen LogP contribution is -2.40. The minimum absolute atomic E-state index is 0.00526. The van der Waals surface area contributed by atoms with Crippen molar-refractivity contribution in [2.45, 2.75) is 45.6 Å². The number of hydrogen-bond donors (Lipinski definition) is 1. The Bertz CT molecular complexity index is 514. The molecule has 2 bridgehead atoms. The zero-order valence-electron chi connectivity index (χ0n) is 13.0. The molecular weight excluding hydrogens is 262 g/mol. The van der Waals surface area contributed by atoms with Gasteiger partial charge in [0.1, 0.15) is 5.75 Å². The first kappa shape index (κ1) is 14.4. The van der Waals surface area contributed by atoms with Crippen LogP contribution in [0.2, 0.25) is 0 Å². The minimum atomic E-state index is -0.00526. The topological polar surface area (TPSA) is 38.3 Å². The summed E-state index contributed by atoms with van der Waals surface area (Å²) < 4.78 is 5.55. The van der Waals surface area contributed by atoms with E-state index < -0.39 is 0 Å². The van der Waals surface area contributed by atoms with E-state index >= 15 is 0 Å². The number of para-hydroxylation sites is 1. The second-order valence-electron chi connectivity index (χ2n) is 6.53. The Kier molecular flexibility index (Phi) is 4.18. The van der Waals surface area contributed by atoms with Gasteiger partial charge in [-0.05, 0) is 63.0 Å². The number of fused-ring (bicyclic) bond motifs is 2. The Morgan fingerprint density at radius 3 is 2.81 bits per heavy atom. The third-order valence-corrected chi connectivity index (χ3v) is 5.23. The second kappa shape index (κ2) is 6.08. The van der Waals surface area contributed by atoms with Crippen LogP contribution in [0.5, 0.6) is 5.75 Å². The standard InChI is InChI=1S/C18H25NO2/c1-3-21-17-7-5-4-6-15(17)18(20)19-12(2)16-11-13-8-9-14(16)10-13/h4-7,12-14,16H,3,8-11H2,1-2H3,(H,19,20)/t12-,13-,14-,16-/m0/s1. The highest BCUT2D eigenvalue weighted by Gasteiger charge is 2.42. The fraction of sp³-hybridized carbons (Fsp3) is 0.611. The number of hydrogen-bond acceptors (Lipinski definition) is 2. The van der Waals surface area contributed by atoms with E-state index in [-0.39, 0.29) is 11.9 Å². The summed E-state index contributed by atoms with van der Waals surface area (Å²) in [5.41, 5.74) is 0.648. The van der Waals surface area contributed by atoms with Gasteiger partial charge >= 0.3 is 0 Å². The average molecular weight is 287 g/mol. The van der Waals surface area contributed by atoms with E-state index in [9.17, 15) is 4.79 Å². The molecule has 1 amide bonds. The van der Waals surface area contributed by atoms with Crippen molar-refractivity contribution in [3.05, 3.63) is 29.8 Å². The van der Waals surface area contributed by atoms with Crippen molar-refractivity contribution in [2.75, 3.05) is 6.61 Å². The Morgan fingerprint density at radius 2 is 2.14 bits per heavy atom. The summed E-state index contributed by atoms with van der Waals surface area (Å²) in [6.45, 7) is 4.67. The first-order valence-electron chi connectivity index (χ1n) is 8.21. The van der Waals surface area contributed by atoms with Gasteiger partial charge in [0.2, 0.25) is 0 Å². The van der Waals surface area contributed by atoms with E-state index in [0.29, 0.717) is 23.8 Å². The lowest BCUT2D eigenvalue weighted by molar-refractivity contribution is 0.0911. The number of nitrogens with one attached hydrogen (secondary N) is 1. The van der Waals surface area contributed by atoms with E-state index in [1.54, 1.807) is 0 Å². The van der Waals surface area contributed by atoms with Gasteiger partial charge in [-0.1, -0.05) is 18.6 Å². The van der Waals surface area contributed by atoms with Crippen molar-refractivity contribution in [1.29, 1.82) is 0 Å². The maximum Gasteiger partial charge on any atom is 0.255 e. The zero-order chi connectivity index (χ0) is 14.8. The van der Waals surface area contributed by atoms with Gasteiger partial charge in [-0.3, -0.25) is 4.79 Å². The fourth-order valence-corrected chi connectivity index (χ4v) is 4.23. The normalized spacial score (nSPS) is 28.4. The van der Waals surface area contributed by atoms with Crippen LogP contribution in [0.3, 0.4) is 0 Å². The summed E-state index contributed by atoms with van der Waals surface area (Å²) in [7, 11) is 0. The molecular formula is C18H25NO2. The monoisotopic (exact) mass is 287 g/mol. The highest BCUT2D eigenvalue weighted by Crippen LogP contribution is 2.49. The van der Waals surface area contributed by atoms with Crippen molar-refractivity contribution in [3.63, 3.8) is 0 Å². The number of carbonyl (C=O) groups excluding carboxylic acids is 1. The molecule has 2 aliphatic carbocycles. The van der Waals surface area contributed by atoms with E-state index in [1.165, 1.54) is 25.7 Å². The minimum Gasteiger partial charge on any atom is -0.493 e. The SMILES string of the molecule is CCOc1ccccc1C(=O)N[C@@H](C)[C@@H]1C[C@H]2CC[C@H]1C2. The molecule has 2 aliphatic rings. The number of ether oxygens (including phenoxy) is 1. The predicted molar refractivity (Wildman–Crippen MR) is 83.5 cm³/mol.